The van der Waals surface area contributed by atoms with Crippen molar-refractivity contribution in [2.45, 2.75) is 39.8 Å². The van der Waals surface area contributed by atoms with E-state index in [1.807, 2.05) is 27.7 Å². The zero-order valence-electron chi connectivity index (χ0n) is 13.9. The highest BCUT2D eigenvalue weighted by atomic mass is 19.1. The molecule has 1 heterocycles. The van der Waals surface area contributed by atoms with Gasteiger partial charge >= 0.3 is 0 Å². The number of aromatic nitrogens is 1. The molecule has 1 aromatic heterocycles. The Kier molecular flexibility index (Phi) is 4.98. The van der Waals surface area contributed by atoms with Crippen molar-refractivity contribution in [2.75, 3.05) is 5.73 Å². The van der Waals surface area contributed by atoms with E-state index in [-0.39, 0.29) is 23.7 Å². The fraction of sp³-hybridized carbons (Fsp3) is 0.333. The van der Waals surface area contributed by atoms with E-state index in [2.05, 4.69) is 4.98 Å². The van der Waals surface area contributed by atoms with E-state index in [1.165, 1.54) is 6.20 Å². The molecule has 1 amide bonds. The molecule has 2 aromatic rings. The molecule has 2 N–H and O–H groups in total. The maximum absolute atomic E-state index is 13.7. The molecule has 0 aliphatic carbocycles. The molecule has 23 heavy (non-hydrogen) atoms. The van der Waals surface area contributed by atoms with Crippen LogP contribution in [0.25, 0.3) is 11.1 Å². The minimum atomic E-state index is -0.727. The van der Waals surface area contributed by atoms with Crippen LogP contribution in [0.15, 0.2) is 36.5 Å². The van der Waals surface area contributed by atoms with Gasteiger partial charge in [0.05, 0.1) is 5.69 Å². The van der Waals surface area contributed by atoms with Gasteiger partial charge in [0, 0.05) is 29.4 Å². The first-order valence-corrected chi connectivity index (χ1v) is 7.66. The molecule has 0 atom stereocenters. The Labute approximate surface area is 136 Å². The van der Waals surface area contributed by atoms with Gasteiger partial charge in [0.25, 0.3) is 5.91 Å². The van der Waals surface area contributed by atoms with Gasteiger partial charge in [-0.3, -0.25) is 4.79 Å². The van der Waals surface area contributed by atoms with Crippen LogP contribution in [-0.4, -0.2) is 27.9 Å². The lowest BCUT2D eigenvalue weighted by atomic mass is 9.97. The van der Waals surface area contributed by atoms with Crippen molar-refractivity contribution in [1.82, 2.24) is 9.88 Å². The molecule has 5 heteroatoms. The average Bonchev–Trinajstić information content (AvgIpc) is 2.49. The number of carbonyl (C=O) groups excluding carboxylic acids is 1. The minimum Gasteiger partial charge on any atom is -0.395 e. The van der Waals surface area contributed by atoms with Crippen LogP contribution in [0.5, 0.6) is 0 Å². The number of pyridine rings is 1. The number of hydrogen-bond donors (Lipinski definition) is 1. The quantitative estimate of drug-likeness (QED) is 0.875. The highest BCUT2D eigenvalue weighted by Crippen LogP contribution is 2.31. The van der Waals surface area contributed by atoms with Crippen LogP contribution in [0, 0.1) is 5.95 Å². The fourth-order valence-corrected chi connectivity index (χ4v) is 2.79. The third-order valence-corrected chi connectivity index (χ3v) is 3.74. The SMILES string of the molecule is CC(C)N(C(=O)c1ccccc1-c1ccnc(F)c1N)C(C)C. The number of amides is 1. The summed E-state index contributed by atoms with van der Waals surface area (Å²) < 4.78 is 13.7. The molecule has 0 unspecified atom stereocenters. The number of carbonyl (C=O) groups is 1. The van der Waals surface area contributed by atoms with Crippen molar-refractivity contribution in [3.63, 3.8) is 0 Å². The summed E-state index contributed by atoms with van der Waals surface area (Å²) in [5.74, 6) is -0.823. The summed E-state index contributed by atoms with van der Waals surface area (Å²) in [6.45, 7) is 7.89. The van der Waals surface area contributed by atoms with E-state index in [0.717, 1.165) is 0 Å². The molecule has 122 valence electrons. The third-order valence-electron chi connectivity index (χ3n) is 3.74. The van der Waals surface area contributed by atoms with Crippen LogP contribution >= 0.6 is 0 Å². The Hall–Kier alpha value is -2.43. The van der Waals surface area contributed by atoms with Crippen LogP contribution < -0.4 is 5.73 Å². The van der Waals surface area contributed by atoms with Crippen LogP contribution in [0.1, 0.15) is 38.1 Å². The van der Waals surface area contributed by atoms with Crippen molar-refractivity contribution in [3.05, 3.63) is 48.0 Å². The Morgan fingerprint density at radius 3 is 2.30 bits per heavy atom. The number of hydrogen-bond acceptors (Lipinski definition) is 3. The Balaban J connectivity index is 2.58. The van der Waals surface area contributed by atoms with Crippen LogP contribution in [0.4, 0.5) is 10.1 Å². The third kappa shape index (κ3) is 3.33. The van der Waals surface area contributed by atoms with Gasteiger partial charge in [-0.25, -0.2) is 4.98 Å². The summed E-state index contributed by atoms with van der Waals surface area (Å²) in [6, 6.07) is 8.86. The number of nitrogens with zero attached hydrogens (tertiary/aromatic N) is 2. The largest absolute Gasteiger partial charge is 0.395 e. The van der Waals surface area contributed by atoms with Crippen molar-refractivity contribution < 1.29 is 9.18 Å². The van der Waals surface area contributed by atoms with Gasteiger partial charge in [0.1, 0.15) is 0 Å². The molecule has 0 saturated carbocycles. The number of rotatable bonds is 4. The molecule has 4 nitrogen and oxygen atoms in total. The predicted molar refractivity (Wildman–Crippen MR) is 90.5 cm³/mol. The number of nitrogen functional groups attached to an aromatic ring is 1. The second-order valence-corrected chi connectivity index (χ2v) is 6.01. The van der Waals surface area contributed by atoms with Gasteiger partial charge in [0.2, 0.25) is 5.95 Å². The van der Waals surface area contributed by atoms with Crippen LogP contribution in [-0.2, 0) is 0 Å². The van der Waals surface area contributed by atoms with Crippen molar-refractivity contribution in [2.24, 2.45) is 0 Å². The number of nitrogens with two attached hydrogens (primary N) is 1. The lowest BCUT2D eigenvalue weighted by molar-refractivity contribution is 0.0644. The molecule has 0 saturated heterocycles. The maximum atomic E-state index is 13.7. The van der Waals surface area contributed by atoms with E-state index < -0.39 is 5.95 Å². The topological polar surface area (TPSA) is 59.2 Å². The Morgan fingerprint density at radius 2 is 1.70 bits per heavy atom. The van der Waals surface area contributed by atoms with Crippen molar-refractivity contribution in [3.8, 4) is 11.1 Å². The average molecular weight is 315 g/mol. The van der Waals surface area contributed by atoms with Gasteiger partial charge in [-0.1, -0.05) is 18.2 Å². The molecule has 0 fully saturated rings. The summed E-state index contributed by atoms with van der Waals surface area (Å²) in [5.41, 5.74) is 7.37. The molecule has 1 aromatic carbocycles. The second kappa shape index (κ2) is 6.77. The molecule has 0 spiro atoms. The van der Waals surface area contributed by atoms with Gasteiger partial charge in [0.15, 0.2) is 0 Å². The summed E-state index contributed by atoms with van der Waals surface area (Å²) in [5, 5.41) is 0. The van der Waals surface area contributed by atoms with E-state index in [9.17, 15) is 9.18 Å². The van der Waals surface area contributed by atoms with Gasteiger partial charge < -0.3 is 10.6 Å². The molecular formula is C18H22FN3O. The standard InChI is InChI=1S/C18H22FN3O/c1-11(2)22(12(3)4)18(23)15-8-6-5-7-13(15)14-9-10-21-17(19)16(14)20/h5-12H,20H2,1-4H3. The molecule has 0 radical (unpaired) electrons. The smallest absolute Gasteiger partial charge is 0.254 e. The first kappa shape index (κ1) is 16.9. The maximum Gasteiger partial charge on any atom is 0.254 e. The first-order chi connectivity index (χ1) is 10.8. The monoisotopic (exact) mass is 315 g/mol. The van der Waals surface area contributed by atoms with E-state index in [4.69, 9.17) is 5.73 Å². The lowest BCUT2D eigenvalue weighted by Crippen LogP contribution is -2.42. The van der Waals surface area contributed by atoms with Crippen LogP contribution in [0.2, 0.25) is 0 Å². The first-order valence-electron chi connectivity index (χ1n) is 7.66. The molecular weight excluding hydrogens is 293 g/mol. The van der Waals surface area contributed by atoms with Crippen molar-refractivity contribution >= 4 is 11.6 Å². The zero-order chi connectivity index (χ0) is 17.1. The van der Waals surface area contributed by atoms with E-state index >= 15 is 0 Å². The Bertz CT molecular complexity index is 705. The number of benzene rings is 1. The summed E-state index contributed by atoms with van der Waals surface area (Å²) in [6.07, 6.45) is 1.35. The second-order valence-electron chi connectivity index (χ2n) is 6.01. The van der Waals surface area contributed by atoms with Gasteiger partial charge in [-0.05, 0) is 45.4 Å². The highest BCUT2D eigenvalue weighted by Gasteiger charge is 2.24. The zero-order valence-corrected chi connectivity index (χ0v) is 13.9. The fourth-order valence-electron chi connectivity index (χ4n) is 2.79. The van der Waals surface area contributed by atoms with Gasteiger partial charge in [-0.15, -0.1) is 0 Å². The number of anilines is 1. The molecule has 0 aliphatic rings. The van der Waals surface area contributed by atoms with E-state index in [0.29, 0.717) is 16.7 Å². The lowest BCUT2D eigenvalue weighted by Gasteiger charge is -2.31. The van der Waals surface area contributed by atoms with E-state index in [1.54, 1.807) is 35.2 Å². The molecule has 0 bridgehead atoms. The van der Waals surface area contributed by atoms with Gasteiger partial charge in [-0.2, -0.15) is 4.39 Å². The molecule has 2 rings (SSSR count). The van der Waals surface area contributed by atoms with Crippen LogP contribution in [0.3, 0.4) is 0 Å². The number of halogens is 1. The highest BCUT2D eigenvalue weighted by molar-refractivity contribution is 6.02. The molecule has 0 aliphatic heterocycles. The normalized spacial score (nSPS) is 11.1. The summed E-state index contributed by atoms with van der Waals surface area (Å²) >= 11 is 0. The minimum absolute atomic E-state index is 0.0478. The van der Waals surface area contributed by atoms with Crippen molar-refractivity contribution in [1.29, 1.82) is 0 Å². The Morgan fingerprint density at radius 1 is 1.09 bits per heavy atom. The summed E-state index contributed by atoms with van der Waals surface area (Å²) in [4.78, 5) is 18.3. The predicted octanol–water partition coefficient (Wildman–Crippen LogP) is 3.73. The summed E-state index contributed by atoms with van der Waals surface area (Å²) in [7, 11) is 0.